The van der Waals surface area contributed by atoms with Crippen LogP contribution in [-0.2, 0) is 9.53 Å². The van der Waals surface area contributed by atoms with E-state index in [-0.39, 0.29) is 26.7 Å². The summed E-state index contributed by atoms with van der Waals surface area (Å²) in [6, 6.07) is 0. The van der Waals surface area contributed by atoms with Crippen LogP contribution in [0.4, 0.5) is 0 Å². The number of carbonyl (C=O) groups excluding carboxylic acids is 1. The van der Waals surface area contributed by atoms with E-state index in [0.717, 1.165) is 3.58 Å². The second kappa shape index (κ2) is 3.36. The first-order chi connectivity index (χ1) is 4.34. The summed E-state index contributed by atoms with van der Waals surface area (Å²) in [4.78, 5) is 10.7. The first-order valence-corrected chi connectivity index (χ1v) is 5.50. The van der Waals surface area contributed by atoms with E-state index in [9.17, 15) is 4.79 Å². The molecule has 1 aliphatic heterocycles. The van der Waals surface area contributed by atoms with Crippen molar-refractivity contribution in [3.8, 4) is 0 Å². The Bertz CT molecular complexity index is 185. The van der Waals surface area contributed by atoms with Gasteiger partial charge in [0.25, 0.3) is 0 Å². The topological polar surface area (TPSA) is 26.3 Å². The van der Waals surface area contributed by atoms with Crippen LogP contribution in [0.25, 0.3) is 0 Å². The lowest BCUT2D eigenvalue weighted by atomic mass is 10.7. The van der Waals surface area contributed by atoms with Crippen molar-refractivity contribution in [3.63, 3.8) is 0 Å². The number of ether oxygens (including phenoxy) is 1. The predicted molar refractivity (Wildman–Crippen MR) is 47.8 cm³/mol. The molecule has 0 aromatic heterocycles. The molecule has 0 atom stereocenters. The average molecular weight is 256 g/mol. The summed E-state index contributed by atoms with van der Waals surface area (Å²) in [6.07, 6.45) is 0. The molecular weight excluding hydrogens is 251 g/mol. The quantitative estimate of drug-likeness (QED) is 0.525. The number of rotatable bonds is 1. The lowest BCUT2D eigenvalue weighted by Gasteiger charge is -1.92. The first kappa shape index (κ1) is 7.27. The summed E-state index contributed by atoms with van der Waals surface area (Å²) < 4.78 is 7.46. The Morgan fingerprint density at radius 1 is 1.89 bits per heavy atom. The predicted octanol–water partition coefficient (Wildman–Crippen LogP) is 1.48. The molecule has 9 heavy (non-hydrogen) atoms. The third-order valence-electron chi connectivity index (χ3n) is 0.765. The van der Waals surface area contributed by atoms with Crippen LogP contribution in [0.2, 0.25) is 0 Å². The van der Waals surface area contributed by atoms with Crippen LogP contribution in [0.15, 0.2) is 8.99 Å². The molecule has 0 saturated carbocycles. The maximum Gasteiger partial charge on any atom is 0.344 e. The Labute approximate surface area is 67.4 Å². The van der Waals surface area contributed by atoms with Crippen molar-refractivity contribution in [3.05, 3.63) is 8.99 Å². The second-order valence-corrected chi connectivity index (χ2v) is 5.29. The fourth-order valence-electron chi connectivity index (χ4n) is 0.375. The van der Waals surface area contributed by atoms with E-state index in [2.05, 4.69) is 8.08 Å². The molecule has 0 bridgehead atoms. The van der Waals surface area contributed by atoms with Gasteiger partial charge in [-0.2, -0.15) is 0 Å². The van der Waals surface area contributed by atoms with Crippen molar-refractivity contribution in [2.75, 3.05) is 7.11 Å². The summed E-state index contributed by atoms with van der Waals surface area (Å²) in [5, 5.41) is 1.86. The highest BCUT2D eigenvalue weighted by atomic mass is 127. The molecule has 1 heterocycles. The zero-order chi connectivity index (χ0) is 6.69. The van der Waals surface area contributed by atoms with Crippen LogP contribution in [0.1, 0.15) is 0 Å². The standard InChI is InChI=1S/C5H5IO2S/c1-8-5(7)4-2-9-3-6-4/h2-3H,1H3. The summed E-state index contributed by atoms with van der Waals surface area (Å²) in [5.74, 6) is -0.163. The van der Waals surface area contributed by atoms with Crippen molar-refractivity contribution >= 4 is 41.8 Å². The summed E-state index contributed by atoms with van der Waals surface area (Å²) >= 11 is 1.44. The number of carbonyl (C=O) groups is 1. The fourth-order valence-corrected chi connectivity index (χ4v) is 3.90. The molecular formula is C5H5IO2S. The molecule has 0 fully saturated rings. The van der Waals surface area contributed by atoms with Gasteiger partial charge < -0.3 is 4.74 Å². The molecule has 1 rings (SSSR count). The van der Waals surface area contributed by atoms with Gasteiger partial charge in [0.1, 0.15) is 0 Å². The van der Waals surface area contributed by atoms with Crippen molar-refractivity contribution in [1.29, 1.82) is 0 Å². The van der Waals surface area contributed by atoms with E-state index in [1.165, 1.54) is 7.11 Å². The smallest absolute Gasteiger partial charge is 0.344 e. The highest BCUT2D eigenvalue weighted by Gasteiger charge is 2.08. The van der Waals surface area contributed by atoms with Crippen molar-refractivity contribution in [2.45, 2.75) is 0 Å². The van der Waals surface area contributed by atoms with Gasteiger partial charge >= 0.3 is 5.97 Å². The van der Waals surface area contributed by atoms with Gasteiger partial charge in [-0.3, -0.25) is 0 Å². The third kappa shape index (κ3) is 1.79. The van der Waals surface area contributed by atoms with E-state index < -0.39 is 0 Å². The lowest BCUT2D eigenvalue weighted by Crippen LogP contribution is -1.97. The minimum Gasteiger partial charge on any atom is -0.465 e. The Kier molecular flexibility index (Phi) is 2.71. The van der Waals surface area contributed by atoms with E-state index in [1.54, 1.807) is 11.8 Å². The molecule has 2 nitrogen and oxygen atoms in total. The molecule has 0 radical (unpaired) electrons. The molecule has 0 aliphatic carbocycles. The Morgan fingerprint density at radius 3 is 3.11 bits per heavy atom. The molecule has 50 valence electrons. The van der Waals surface area contributed by atoms with Gasteiger partial charge in [0.2, 0.25) is 0 Å². The van der Waals surface area contributed by atoms with Crippen LogP contribution in [0.5, 0.6) is 0 Å². The van der Waals surface area contributed by atoms with Gasteiger partial charge in [0.05, 0.1) is 10.7 Å². The number of hydrogen-bond donors (Lipinski definition) is 0. The summed E-state index contributed by atoms with van der Waals surface area (Å²) in [6.45, 7) is 0. The number of halogens is 1. The number of hydrogen-bond acceptors (Lipinski definition) is 3. The molecule has 0 N–H and O–H groups in total. The van der Waals surface area contributed by atoms with Crippen LogP contribution >= 0.6 is 32.5 Å². The SMILES string of the molecule is COC(=O)C1=CSC=I1. The summed E-state index contributed by atoms with van der Waals surface area (Å²) in [7, 11) is 1.41. The molecule has 0 spiro atoms. The van der Waals surface area contributed by atoms with Gasteiger partial charge in [0.15, 0.2) is 0 Å². The average Bonchev–Trinajstić information content (AvgIpc) is 2.37. The van der Waals surface area contributed by atoms with Crippen molar-refractivity contribution in [2.24, 2.45) is 0 Å². The molecule has 0 amide bonds. The van der Waals surface area contributed by atoms with Gasteiger partial charge in [-0.25, -0.2) is 4.79 Å². The van der Waals surface area contributed by atoms with E-state index in [4.69, 9.17) is 0 Å². The zero-order valence-corrected chi connectivity index (χ0v) is 7.73. The van der Waals surface area contributed by atoms with Crippen LogP contribution < -0.4 is 0 Å². The van der Waals surface area contributed by atoms with Crippen LogP contribution in [-0.4, -0.2) is 16.4 Å². The Hall–Kier alpha value is 0.160. The number of esters is 1. The van der Waals surface area contributed by atoms with Gasteiger partial charge in [-0.05, 0) is 5.41 Å². The lowest BCUT2D eigenvalue weighted by molar-refractivity contribution is -0.135. The molecule has 0 unspecified atom stereocenters. The van der Waals surface area contributed by atoms with E-state index in [0.29, 0.717) is 0 Å². The zero-order valence-electron chi connectivity index (χ0n) is 4.76. The number of thioether (sulfide) groups is 1. The number of methoxy groups -OCH3 is 1. The second-order valence-electron chi connectivity index (χ2n) is 1.29. The molecule has 1 aliphatic rings. The van der Waals surface area contributed by atoms with E-state index >= 15 is 0 Å². The Balaban J connectivity index is 2.62. The van der Waals surface area contributed by atoms with Crippen LogP contribution in [0, 0.1) is 0 Å². The summed E-state index contributed by atoms with van der Waals surface area (Å²) in [5.41, 5.74) is 0. The fraction of sp³-hybridized carbons (Fsp3) is 0.200. The Morgan fingerprint density at radius 2 is 2.67 bits per heavy atom. The van der Waals surface area contributed by atoms with E-state index in [1.807, 2.05) is 5.41 Å². The minimum absolute atomic E-state index is 0.146. The van der Waals surface area contributed by atoms with Crippen molar-refractivity contribution < 1.29 is 9.53 Å². The largest absolute Gasteiger partial charge is 0.465 e. The first-order valence-electron chi connectivity index (χ1n) is 2.23. The molecule has 4 heteroatoms. The monoisotopic (exact) mass is 256 g/mol. The molecule has 0 saturated heterocycles. The highest BCUT2D eigenvalue weighted by molar-refractivity contribution is 14.2. The van der Waals surface area contributed by atoms with Gasteiger partial charge in [0, 0.05) is 3.34 Å². The van der Waals surface area contributed by atoms with Gasteiger partial charge in [-0.15, -0.1) is 0 Å². The maximum atomic E-state index is 10.7. The minimum atomic E-state index is -0.163. The van der Waals surface area contributed by atoms with Gasteiger partial charge in [-0.1, -0.05) is 32.5 Å². The highest BCUT2D eigenvalue weighted by Crippen LogP contribution is 2.27. The van der Waals surface area contributed by atoms with Crippen LogP contribution in [0.3, 0.4) is 0 Å². The normalized spacial score (nSPS) is 16.3. The molecule has 0 aromatic carbocycles. The maximum absolute atomic E-state index is 10.7. The van der Waals surface area contributed by atoms with Crippen molar-refractivity contribution in [1.82, 2.24) is 0 Å². The molecule has 0 aromatic rings. The third-order valence-corrected chi connectivity index (χ3v) is 4.82.